The molecule has 2 aliphatic carbocycles. The number of hydrogen-bond acceptors (Lipinski definition) is 2. The Morgan fingerprint density at radius 1 is 1.12 bits per heavy atom. The van der Waals surface area contributed by atoms with Crippen LogP contribution in [-0.4, -0.2) is 24.2 Å². The summed E-state index contributed by atoms with van der Waals surface area (Å²) in [7, 11) is 0. The molecule has 2 aliphatic rings. The Morgan fingerprint density at radius 3 is 2.24 bits per heavy atom. The third kappa shape index (κ3) is 3.35. The lowest BCUT2D eigenvalue weighted by Gasteiger charge is -2.34. The molecule has 0 aromatic heterocycles. The van der Waals surface area contributed by atoms with Crippen LogP contribution in [0.2, 0.25) is 0 Å². The van der Waals surface area contributed by atoms with Crippen molar-refractivity contribution in [3.8, 4) is 0 Å². The fraction of sp³-hybridized carbons (Fsp3) is 0.923. The van der Waals surface area contributed by atoms with E-state index in [-0.39, 0.29) is 11.6 Å². The first kappa shape index (κ1) is 12.7. The van der Waals surface area contributed by atoms with Crippen molar-refractivity contribution in [3.05, 3.63) is 0 Å². The predicted octanol–water partition coefficient (Wildman–Crippen LogP) is 1.89. The second kappa shape index (κ2) is 5.71. The summed E-state index contributed by atoms with van der Waals surface area (Å²) in [6.45, 7) is 0.561. The van der Waals surface area contributed by atoms with Crippen LogP contribution >= 0.6 is 0 Å². The Kier molecular flexibility index (Phi) is 4.26. The molecule has 0 spiro atoms. The van der Waals surface area contributed by atoms with E-state index in [1.165, 1.54) is 32.1 Å². The molecule has 2 fully saturated rings. The average Bonchev–Trinajstić information content (AvgIpc) is 2.50. The smallest absolute Gasteiger partial charge is 0.315 e. The van der Waals surface area contributed by atoms with E-state index < -0.39 is 0 Å². The molecule has 0 aromatic rings. The summed E-state index contributed by atoms with van der Waals surface area (Å²) in [5.74, 6) is 0. The highest BCUT2D eigenvalue weighted by atomic mass is 16.2. The maximum Gasteiger partial charge on any atom is 0.315 e. The van der Waals surface area contributed by atoms with E-state index >= 15 is 0 Å². The van der Waals surface area contributed by atoms with Crippen LogP contribution in [0, 0.1) is 0 Å². The number of carbonyl (C=O) groups is 1. The van der Waals surface area contributed by atoms with E-state index in [0.29, 0.717) is 12.6 Å². The summed E-state index contributed by atoms with van der Waals surface area (Å²) < 4.78 is 0. The van der Waals surface area contributed by atoms with E-state index in [1.807, 2.05) is 0 Å². The molecule has 98 valence electrons. The molecular weight excluding hydrogens is 214 g/mol. The highest BCUT2D eigenvalue weighted by Gasteiger charge is 2.32. The Balaban J connectivity index is 1.85. The number of amides is 2. The zero-order valence-corrected chi connectivity index (χ0v) is 10.6. The zero-order valence-electron chi connectivity index (χ0n) is 10.6. The van der Waals surface area contributed by atoms with Crippen LogP contribution in [0.4, 0.5) is 4.79 Å². The number of nitrogens with two attached hydrogens (primary N) is 1. The summed E-state index contributed by atoms with van der Waals surface area (Å²) >= 11 is 0. The zero-order chi connectivity index (χ0) is 12.1. The molecule has 4 nitrogen and oxygen atoms in total. The first-order chi connectivity index (χ1) is 8.24. The Bertz CT molecular complexity index is 255. The molecule has 2 amide bonds. The molecule has 2 rings (SSSR count). The minimum Gasteiger partial charge on any atom is -0.335 e. The Labute approximate surface area is 104 Å². The van der Waals surface area contributed by atoms with Gasteiger partial charge in [0.2, 0.25) is 0 Å². The molecule has 0 bridgehead atoms. The van der Waals surface area contributed by atoms with Crippen LogP contribution in [0.3, 0.4) is 0 Å². The van der Waals surface area contributed by atoms with Gasteiger partial charge in [0.15, 0.2) is 0 Å². The molecule has 0 atom stereocenters. The third-order valence-corrected chi connectivity index (χ3v) is 4.27. The van der Waals surface area contributed by atoms with Crippen molar-refractivity contribution in [2.24, 2.45) is 5.73 Å². The van der Waals surface area contributed by atoms with Gasteiger partial charge in [0, 0.05) is 12.6 Å². The van der Waals surface area contributed by atoms with Crippen LogP contribution in [0.1, 0.15) is 57.8 Å². The van der Waals surface area contributed by atoms with Gasteiger partial charge in [-0.2, -0.15) is 0 Å². The van der Waals surface area contributed by atoms with E-state index in [9.17, 15) is 4.79 Å². The molecule has 0 unspecified atom stereocenters. The third-order valence-electron chi connectivity index (χ3n) is 4.27. The minimum atomic E-state index is -0.148. The number of rotatable bonds is 3. The first-order valence-corrected chi connectivity index (χ1v) is 7.03. The summed E-state index contributed by atoms with van der Waals surface area (Å²) in [4.78, 5) is 11.9. The van der Waals surface area contributed by atoms with Crippen molar-refractivity contribution in [2.45, 2.75) is 69.4 Å². The molecular formula is C13H25N3O. The van der Waals surface area contributed by atoms with Crippen molar-refractivity contribution >= 4 is 6.03 Å². The topological polar surface area (TPSA) is 67.1 Å². The molecule has 0 radical (unpaired) electrons. The van der Waals surface area contributed by atoms with Gasteiger partial charge < -0.3 is 16.4 Å². The summed E-state index contributed by atoms with van der Waals surface area (Å²) in [6, 6.07) is 0.387. The second-order valence-corrected chi connectivity index (χ2v) is 5.62. The van der Waals surface area contributed by atoms with Crippen LogP contribution in [0.25, 0.3) is 0 Å². The van der Waals surface area contributed by atoms with Crippen LogP contribution < -0.4 is 16.4 Å². The molecule has 2 saturated carbocycles. The number of carbonyl (C=O) groups excluding carboxylic acids is 1. The van der Waals surface area contributed by atoms with Gasteiger partial charge in [-0.3, -0.25) is 0 Å². The normalized spacial score (nSPS) is 24.5. The fourth-order valence-electron chi connectivity index (χ4n) is 2.80. The maximum absolute atomic E-state index is 11.9. The molecule has 0 heterocycles. The largest absolute Gasteiger partial charge is 0.335 e. The van der Waals surface area contributed by atoms with Gasteiger partial charge in [0.05, 0.1) is 5.54 Å². The average molecular weight is 239 g/mol. The number of hydrogen-bond donors (Lipinski definition) is 3. The minimum absolute atomic E-state index is 0.0120. The van der Waals surface area contributed by atoms with E-state index in [2.05, 4.69) is 10.6 Å². The van der Waals surface area contributed by atoms with Gasteiger partial charge in [0.25, 0.3) is 0 Å². The summed E-state index contributed by atoms with van der Waals surface area (Å²) in [5.41, 5.74) is 5.74. The van der Waals surface area contributed by atoms with Gasteiger partial charge in [-0.1, -0.05) is 25.7 Å². The lowest BCUT2D eigenvalue weighted by atomic mass is 9.90. The highest BCUT2D eigenvalue weighted by Crippen LogP contribution is 2.26. The van der Waals surface area contributed by atoms with Crippen LogP contribution in [0.15, 0.2) is 0 Å². The van der Waals surface area contributed by atoms with Crippen LogP contribution in [-0.2, 0) is 0 Å². The lowest BCUT2D eigenvalue weighted by molar-refractivity contribution is 0.208. The molecule has 0 aliphatic heterocycles. The quantitative estimate of drug-likeness (QED) is 0.658. The molecule has 4 N–H and O–H groups in total. The molecule has 4 heteroatoms. The van der Waals surface area contributed by atoms with Gasteiger partial charge in [-0.25, -0.2) is 4.79 Å². The van der Waals surface area contributed by atoms with Gasteiger partial charge in [-0.05, 0) is 32.1 Å². The van der Waals surface area contributed by atoms with Gasteiger partial charge >= 0.3 is 6.03 Å². The standard InChI is InChI=1S/C13H25N3O/c14-10-13(8-3-1-2-4-9-13)16-12(17)15-11-6-5-7-11/h11H,1-10,14H2,(H2,15,16,17). The van der Waals surface area contributed by atoms with E-state index in [1.54, 1.807) is 0 Å². The fourth-order valence-corrected chi connectivity index (χ4v) is 2.80. The van der Waals surface area contributed by atoms with Gasteiger partial charge in [0.1, 0.15) is 0 Å². The molecule has 17 heavy (non-hydrogen) atoms. The van der Waals surface area contributed by atoms with Crippen molar-refractivity contribution < 1.29 is 4.79 Å². The Hall–Kier alpha value is -0.770. The number of nitrogens with one attached hydrogen (secondary N) is 2. The first-order valence-electron chi connectivity index (χ1n) is 7.03. The van der Waals surface area contributed by atoms with Crippen LogP contribution in [0.5, 0.6) is 0 Å². The Morgan fingerprint density at radius 2 is 1.76 bits per heavy atom. The highest BCUT2D eigenvalue weighted by molar-refractivity contribution is 5.75. The second-order valence-electron chi connectivity index (χ2n) is 5.62. The van der Waals surface area contributed by atoms with Crippen molar-refractivity contribution in [1.29, 1.82) is 0 Å². The predicted molar refractivity (Wildman–Crippen MR) is 68.8 cm³/mol. The van der Waals surface area contributed by atoms with Crippen molar-refractivity contribution in [3.63, 3.8) is 0 Å². The van der Waals surface area contributed by atoms with Gasteiger partial charge in [-0.15, -0.1) is 0 Å². The number of urea groups is 1. The lowest BCUT2D eigenvalue weighted by Crippen LogP contribution is -2.58. The van der Waals surface area contributed by atoms with Crippen molar-refractivity contribution in [2.75, 3.05) is 6.54 Å². The monoisotopic (exact) mass is 239 g/mol. The summed E-state index contributed by atoms with van der Waals surface area (Å²) in [5, 5.41) is 6.18. The summed E-state index contributed by atoms with van der Waals surface area (Å²) in [6.07, 6.45) is 10.5. The maximum atomic E-state index is 11.9. The molecule has 0 saturated heterocycles. The van der Waals surface area contributed by atoms with E-state index in [4.69, 9.17) is 5.73 Å². The SMILES string of the molecule is NCC1(NC(=O)NC2CCC2)CCCCCC1. The van der Waals surface area contributed by atoms with E-state index in [0.717, 1.165) is 25.7 Å². The van der Waals surface area contributed by atoms with Crippen molar-refractivity contribution in [1.82, 2.24) is 10.6 Å². The molecule has 0 aromatic carbocycles.